The Labute approximate surface area is 196 Å². The van der Waals surface area contributed by atoms with Gasteiger partial charge in [-0.05, 0) is 23.6 Å². The van der Waals surface area contributed by atoms with E-state index in [9.17, 15) is 4.79 Å². The molecule has 0 aromatic heterocycles. The molecule has 1 aliphatic heterocycles. The molecule has 0 bridgehead atoms. The van der Waals surface area contributed by atoms with Crippen molar-refractivity contribution >= 4 is 6.09 Å². The topological polar surface area (TPSA) is 42.0 Å². The van der Waals surface area contributed by atoms with E-state index in [1.807, 2.05) is 6.92 Å². The van der Waals surface area contributed by atoms with Crippen LogP contribution in [0.1, 0.15) is 23.6 Å². The highest BCUT2D eigenvalue weighted by Crippen LogP contribution is 2.42. The standard InChI is InChI=1S/C28H32N2O3/c1-2-32-22-23-33-27(31)29-18-20-30(21-19-29)28(24-12-6-3-7-13-24,25-14-8-4-9-15-25)26-16-10-5-11-17-26/h3-17H,2,18-23H2,1H3. The molecule has 0 aliphatic carbocycles. The zero-order valence-electron chi connectivity index (χ0n) is 19.2. The van der Waals surface area contributed by atoms with Crippen LogP contribution < -0.4 is 0 Å². The van der Waals surface area contributed by atoms with Crippen LogP contribution in [0.2, 0.25) is 0 Å². The molecule has 5 heteroatoms. The van der Waals surface area contributed by atoms with Crippen molar-refractivity contribution in [3.8, 4) is 0 Å². The van der Waals surface area contributed by atoms with Crippen molar-refractivity contribution in [1.29, 1.82) is 0 Å². The average Bonchev–Trinajstić information content (AvgIpc) is 2.89. The highest BCUT2D eigenvalue weighted by molar-refractivity contribution is 5.67. The third kappa shape index (κ3) is 4.95. The van der Waals surface area contributed by atoms with Gasteiger partial charge in [0.2, 0.25) is 0 Å². The molecule has 3 aromatic rings. The monoisotopic (exact) mass is 444 g/mol. The van der Waals surface area contributed by atoms with E-state index in [4.69, 9.17) is 9.47 Å². The number of benzene rings is 3. The van der Waals surface area contributed by atoms with Crippen molar-refractivity contribution in [1.82, 2.24) is 9.80 Å². The Hall–Kier alpha value is -3.15. The summed E-state index contributed by atoms with van der Waals surface area (Å²) in [6, 6.07) is 32.0. The van der Waals surface area contributed by atoms with E-state index < -0.39 is 5.54 Å². The summed E-state index contributed by atoms with van der Waals surface area (Å²) in [5.74, 6) is 0. The van der Waals surface area contributed by atoms with E-state index in [0.29, 0.717) is 26.3 Å². The van der Waals surface area contributed by atoms with Gasteiger partial charge in [0.05, 0.1) is 12.1 Å². The van der Waals surface area contributed by atoms with E-state index in [0.717, 1.165) is 13.1 Å². The molecule has 0 unspecified atom stereocenters. The molecule has 5 nitrogen and oxygen atoms in total. The lowest BCUT2D eigenvalue weighted by molar-refractivity contribution is 0.0350. The molecule has 1 fully saturated rings. The third-order valence-electron chi connectivity index (χ3n) is 6.24. The first-order valence-electron chi connectivity index (χ1n) is 11.7. The van der Waals surface area contributed by atoms with Crippen LogP contribution in [-0.2, 0) is 15.0 Å². The second-order valence-corrected chi connectivity index (χ2v) is 8.09. The average molecular weight is 445 g/mol. The van der Waals surface area contributed by atoms with E-state index >= 15 is 0 Å². The molecule has 1 aliphatic rings. The lowest BCUT2D eigenvalue weighted by Crippen LogP contribution is -2.57. The molecule has 1 heterocycles. The van der Waals surface area contributed by atoms with Crippen LogP contribution in [0.4, 0.5) is 4.79 Å². The zero-order valence-corrected chi connectivity index (χ0v) is 19.2. The van der Waals surface area contributed by atoms with Crippen LogP contribution in [0.5, 0.6) is 0 Å². The summed E-state index contributed by atoms with van der Waals surface area (Å²) in [4.78, 5) is 16.9. The fraction of sp³-hybridized carbons (Fsp3) is 0.321. The highest BCUT2D eigenvalue weighted by Gasteiger charge is 2.43. The molecular formula is C28H32N2O3. The van der Waals surface area contributed by atoms with Crippen LogP contribution in [0.25, 0.3) is 0 Å². The predicted molar refractivity (Wildman–Crippen MR) is 130 cm³/mol. The summed E-state index contributed by atoms with van der Waals surface area (Å²) in [6.45, 7) is 5.97. The Balaban J connectivity index is 1.65. The van der Waals surface area contributed by atoms with Gasteiger partial charge < -0.3 is 14.4 Å². The molecule has 1 amide bonds. The maximum absolute atomic E-state index is 12.6. The molecule has 0 N–H and O–H groups in total. The molecular weight excluding hydrogens is 412 g/mol. The van der Waals surface area contributed by atoms with Gasteiger partial charge in [0.25, 0.3) is 0 Å². The lowest BCUT2D eigenvalue weighted by Gasteiger charge is -2.48. The Kier molecular flexibility index (Phi) is 7.76. The van der Waals surface area contributed by atoms with Crippen molar-refractivity contribution in [3.63, 3.8) is 0 Å². The molecule has 0 radical (unpaired) electrons. The lowest BCUT2D eigenvalue weighted by atomic mass is 9.75. The minimum atomic E-state index is -0.450. The third-order valence-corrected chi connectivity index (χ3v) is 6.24. The molecule has 3 aromatic carbocycles. The molecule has 0 atom stereocenters. The molecule has 4 rings (SSSR count). The normalized spacial score (nSPS) is 14.8. The molecule has 33 heavy (non-hydrogen) atoms. The van der Waals surface area contributed by atoms with Crippen LogP contribution in [0, 0.1) is 0 Å². The Morgan fingerprint density at radius 1 is 0.727 bits per heavy atom. The number of piperazine rings is 1. The first-order chi connectivity index (χ1) is 16.3. The first kappa shape index (κ1) is 23.0. The van der Waals surface area contributed by atoms with Crippen LogP contribution in [0.15, 0.2) is 91.0 Å². The van der Waals surface area contributed by atoms with E-state index in [1.54, 1.807) is 4.90 Å². The van der Waals surface area contributed by atoms with Crippen LogP contribution >= 0.6 is 0 Å². The van der Waals surface area contributed by atoms with Crippen molar-refractivity contribution in [2.75, 3.05) is 46.0 Å². The summed E-state index contributed by atoms with van der Waals surface area (Å²) in [6.07, 6.45) is -0.265. The number of amides is 1. The van der Waals surface area contributed by atoms with Crippen LogP contribution in [-0.4, -0.2) is 61.9 Å². The SMILES string of the molecule is CCOCCOC(=O)N1CCN(C(c2ccccc2)(c2ccccc2)c2ccccc2)CC1. The van der Waals surface area contributed by atoms with Gasteiger partial charge in [0.1, 0.15) is 6.61 Å². The first-order valence-corrected chi connectivity index (χ1v) is 11.7. The Morgan fingerprint density at radius 2 is 1.18 bits per heavy atom. The van der Waals surface area contributed by atoms with Gasteiger partial charge in [-0.3, -0.25) is 4.90 Å². The number of hydrogen-bond acceptors (Lipinski definition) is 4. The Bertz CT molecular complexity index is 891. The fourth-order valence-electron chi connectivity index (χ4n) is 4.73. The summed E-state index contributed by atoms with van der Waals surface area (Å²) >= 11 is 0. The summed E-state index contributed by atoms with van der Waals surface area (Å²) in [7, 11) is 0. The molecule has 0 saturated carbocycles. The predicted octanol–water partition coefficient (Wildman–Crippen LogP) is 4.77. The number of nitrogens with zero attached hydrogens (tertiary/aromatic N) is 2. The van der Waals surface area contributed by atoms with Gasteiger partial charge in [0, 0.05) is 32.8 Å². The smallest absolute Gasteiger partial charge is 0.409 e. The van der Waals surface area contributed by atoms with Gasteiger partial charge in [-0.15, -0.1) is 0 Å². The number of hydrogen-bond donors (Lipinski definition) is 0. The number of rotatable bonds is 8. The van der Waals surface area contributed by atoms with Gasteiger partial charge in [0.15, 0.2) is 0 Å². The second-order valence-electron chi connectivity index (χ2n) is 8.09. The minimum Gasteiger partial charge on any atom is -0.447 e. The van der Waals surface area contributed by atoms with E-state index in [2.05, 4.69) is 95.9 Å². The van der Waals surface area contributed by atoms with E-state index in [1.165, 1.54) is 16.7 Å². The fourth-order valence-corrected chi connectivity index (χ4v) is 4.73. The number of ether oxygens (including phenoxy) is 2. The molecule has 1 saturated heterocycles. The van der Waals surface area contributed by atoms with Crippen molar-refractivity contribution in [2.45, 2.75) is 12.5 Å². The van der Waals surface area contributed by atoms with E-state index in [-0.39, 0.29) is 12.7 Å². The van der Waals surface area contributed by atoms with Gasteiger partial charge in [-0.2, -0.15) is 0 Å². The van der Waals surface area contributed by atoms with Crippen molar-refractivity contribution < 1.29 is 14.3 Å². The largest absolute Gasteiger partial charge is 0.447 e. The van der Waals surface area contributed by atoms with Gasteiger partial charge >= 0.3 is 6.09 Å². The minimum absolute atomic E-state index is 0.265. The number of carbonyl (C=O) groups excluding carboxylic acids is 1. The maximum Gasteiger partial charge on any atom is 0.409 e. The summed E-state index contributed by atoms with van der Waals surface area (Å²) in [5, 5.41) is 0. The Morgan fingerprint density at radius 3 is 1.61 bits per heavy atom. The molecule has 172 valence electrons. The number of carbonyl (C=O) groups is 1. The van der Waals surface area contributed by atoms with Gasteiger partial charge in [-0.1, -0.05) is 91.0 Å². The highest BCUT2D eigenvalue weighted by atomic mass is 16.6. The van der Waals surface area contributed by atoms with Gasteiger partial charge in [-0.25, -0.2) is 4.79 Å². The summed E-state index contributed by atoms with van der Waals surface area (Å²) in [5.41, 5.74) is 3.20. The quantitative estimate of drug-likeness (QED) is 0.371. The second kappa shape index (κ2) is 11.1. The molecule has 0 spiro atoms. The maximum atomic E-state index is 12.6. The summed E-state index contributed by atoms with van der Waals surface area (Å²) < 4.78 is 10.7. The van der Waals surface area contributed by atoms with Crippen molar-refractivity contribution in [2.24, 2.45) is 0 Å². The van der Waals surface area contributed by atoms with Crippen molar-refractivity contribution in [3.05, 3.63) is 108 Å². The van der Waals surface area contributed by atoms with Crippen LogP contribution in [0.3, 0.4) is 0 Å². The zero-order chi connectivity index (χ0) is 22.9.